The highest BCUT2D eigenvalue weighted by Crippen LogP contribution is 2.48. The van der Waals surface area contributed by atoms with Crippen molar-refractivity contribution in [2.75, 3.05) is 0 Å². The molecule has 0 bridgehead atoms. The summed E-state index contributed by atoms with van der Waals surface area (Å²) in [7, 11) is 0. The molecule has 0 nitrogen and oxygen atoms in total. The molecular weight excluding hydrogens is 156 g/mol. The Balaban J connectivity index is 1.91. The van der Waals surface area contributed by atoms with Crippen molar-refractivity contribution in [3.05, 3.63) is 0 Å². The second-order valence-electron chi connectivity index (χ2n) is 6.33. The highest BCUT2D eigenvalue weighted by atomic mass is 14.4. The van der Waals surface area contributed by atoms with Crippen LogP contribution < -0.4 is 0 Å². The summed E-state index contributed by atoms with van der Waals surface area (Å²) in [6.45, 7) is 7.27. The molecule has 0 spiro atoms. The molecule has 2 aliphatic carbocycles. The van der Waals surface area contributed by atoms with Crippen molar-refractivity contribution in [2.45, 2.75) is 59.3 Å². The molecule has 2 aliphatic rings. The molecule has 0 unspecified atom stereocenters. The smallest absolute Gasteiger partial charge is 0.0354 e. The third-order valence-corrected chi connectivity index (χ3v) is 4.23. The fraction of sp³-hybridized carbons (Fsp3) is 1.00. The second-order valence-corrected chi connectivity index (χ2v) is 6.33. The van der Waals surface area contributed by atoms with E-state index in [0.29, 0.717) is 5.41 Å². The molecule has 0 amide bonds. The lowest BCUT2D eigenvalue weighted by atomic mass is 9.68. The molecule has 0 radical (unpaired) electrons. The Hall–Kier alpha value is 0. The van der Waals surface area contributed by atoms with Crippen LogP contribution in [0.5, 0.6) is 0 Å². The van der Waals surface area contributed by atoms with E-state index in [1.54, 1.807) is 12.8 Å². The van der Waals surface area contributed by atoms with Crippen molar-refractivity contribution in [3.63, 3.8) is 0 Å². The molecule has 0 aromatic carbocycles. The van der Waals surface area contributed by atoms with Gasteiger partial charge in [-0.25, -0.2) is 0 Å². The van der Waals surface area contributed by atoms with Gasteiger partial charge in [0.25, 0.3) is 0 Å². The average molecular weight is 180 g/mol. The molecule has 0 aromatic heterocycles. The minimum atomic E-state index is 0.563. The van der Waals surface area contributed by atoms with E-state index < -0.39 is 0 Å². The zero-order chi connectivity index (χ0) is 9.47. The molecule has 0 N–H and O–H groups in total. The molecule has 0 saturated heterocycles. The first-order valence-electron chi connectivity index (χ1n) is 6.07. The Labute approximate surface area is 83.1 Å². The molecule has 0 heteroatoms. The fourth-order valence-corrected chi connectivity index (χ4v) is 3.01. The van der Waals surface area contributed by atoms with Crippen LogP contribution in [0.4, 0.5) is 0 Å². The predicted octanol–water partition coefficient (Wildman–Crippen LogP) is 4.25. The van der Waals surface area contributed by atoms with Gasteiger partial charge in [-0.15, -0.1) is 0 Å². The van der Waals surface area contributed by atoms with Gasteiger partial charge < -0.3 is 0 Å². The highest BCUT2D eigenvalue weighted by molar-refractivity contribution is 4.88. The van der Waals surface area contributed by atoms with Crippen LogP contribution in [-0.4, -0.2) is 0 Å². The van der Waals surface area contributed by atoms with Gasteiger partial charge >= 0.3 is 0 Å². The Kier molecular flexibility index (Phi) is 2.42. The molecule has 0 aliphatic heterocycles. The van der Waals surface area contributed by atoms with Crippen LogP contribution in [0, 0.1) is 23.2 Å². The van der Waals surface area contributed by atoms with E-state index in [2.05, 4.69) is 20.8 Å². The number of hydrogen-bond donors (Lipinski definition) is 0. The van der Waals surface area contributed by atoms with Crippen LogP contribution in [-0.2, 0) is 0 Å². The number of rotatable bonds is 1. The summed E-state index contributed by atoms with van der Waals surface area (Å²) in [5.41, 5.74) is 0.563. The Morgan fingerprint density at radius 3 is 2.08 bits per heavy atom. The van der Waals surface area contributed by atoms with Crippen LogP contribution >= 0.6 is 0 Å². The molecule has 2 rings (SSSR count). The zero-order valence-corrected chi connectivity index (χ0v) is 9.47. The topological polar surface area (TPSA) is 0 Å². The van der Waals surface area contributed by atoms with E-state index >= 15 is 0 Å². The highest BCUT2D eigenvalue weighted by Gasteiger charge is 2.37. The van der Waals surface area contributed by atoms with Crippen molar-refractivity contribution >= 4 is 0 Å². The molecule has 0 aromatic rings. The second kappa shape index (κ2) is 3.29. The van der Waals surface area contributed by atoms with Crippen molar-refractivity contribution in [1.29, 1.82) is 0 Å². The largest absolute Gasteiger partial charge is 0.0599 e. The van der Waals surface area contributed by atoms with Crippen LogP contribution in [0.1, 0.15) is 59.3 Å². The molecule has 2 fully saturated rings. The molecule has 2 saturated carbocycles. The first-order valence-corrected chi connectivity index (χ1v) is 6.07. The first kappa shape index (κ1) is 9.55. The lowest BCUT2D eigenvalue weighted by molar-refractivity contribution is 0.132. The monoisotopic (exact) mass is 180 g/mol. The summed E-state index contributed by atoms with van der Waals surface area (Å²) in [6, 6.07) is 0. The minimum Gasteiger partial charge on any atom is -0.0599 e. The van der Waals surface area contributed by atoms with Crippen LogP contribution in [0.15, 0.2) is 0 Å². The van der Waals surface area contributed by atoms with E-state index in [-0.39, 0.29) is 0 Å². The first-order chi connectivity index (χ1) is 6.07. The summed E-state index contributed by atoms with van der Waals surface area (Å²) in [5.74, 6) is 3.26. The minimum absolute atomic E-state index is 0.563. The van der Waals surface area contributed by atoms with Crippen molar-refractivity contribution in [2.24, 2.45) is 23.2 Å². The van der Waals surface area contributed by atoms with Gasteiger partial charge in [0.15, 0.2) is 0 Å². The molecule has 13 heavy (non-hydrogen) atoms. The Morgan fingerprint density at radius 1 is 0.846 bits per heavy atom. The lowest BCUT2D eigenvalue weighted by Gasteiger charge is -2.37. The molecule has 76 valence electrons. The summed E-state index contributed by atoms with van der Waals surface area (Å²) in [4.78, 5) is 0. The summed E-state index contributed by atoms with van der Waals surface area (Å²) in [5, 5.41) is 0. The van der Waals surface area contributed by atoms with E-state index in [4.69, 9.17) is 0 Å². The summed E-state index contributed by atoms with van der Waals surface area (Å²) < 4.78 is 0. The SMILES string of the molecule is CC(C)(C)[C@H]1CCC[C@@H](C2CC2)C1. The normalized spacial score (nSPS) is 36.2. The lowest BCUT2D eigenvalue weighted by Crippen LogP contribution is -2.27. The van der Waals surface area contributed by atoms with E-state index in [0.717, 1.165) is 17.8 Å². The third-order valence-electron chi connectivity index (χ3n) is 4.23. The fourth-order valence-electron chi connectivity index (χ4n) is 3.01. The summed E-state index contributed by atoms with van der Waals surface area (Å²) in [6.07, 6.45) is 9.16. The van der Waals surface area contributed by atoms with Crippen molar-refractivity contribution in [1.82, 2.24) is 0 Å². The maximum Gasteiger partial charge on any atom is -0.0354 e. The van der Waals surface area contributed by atoms with Gasteiger partial charge in [-0.1, -0.05) is 33.6 Å². The van der Waals surface area contributed by atoms with Gasteiger partial charge in [-0.3, -0.25) is 0 Å². The third kappa shape index (κ3) is 2.27. The maximum absolute atomic E-state index is 2.42. The van der Waals surface area contributed by atoms with Gasteiger partial charge in [0, 0.05) is 0 Å². The van der Waals surface area contributed by atoms with E-state index in [9.17, 15) is 0 Å². The standard InChI is InChI=1S/C13H24/c1-13(2,3)12-6-4-5-11(9-12)10-7-8-10/h10-12H,4-9H2,1-3H3/t11-,12+/m1/s1. The quantitative estimate of drug-likeness (QED) is 0.566. The maximum atomic E-state index is 2.42. The van der Waals surface area contributed by atoms with Gasteiger partial charge in [-0.2, -0.15) is 0 Å². The Morgan fingerprint density at radius 2 is 1.54 bits per heavy atom. The molecular formula is C13H24. The predicted molar refractivity (Wildman–Crippen MR) is 57.6 cm³/mol. The van der Waals surface area contributed by atoms with E-state index in [1.807, 2.05) is 0 Å². The average Bonchev–Trinajstić information content (AvgIpc) is 2.85. The van der Waals surface area contributed by atoms with Gasteiger partial charge in [0.05, 0.1) is 0 Å². The van der Waals surface area contributed by atoms with E-state index in [1.165, 1.54) is 25.7 Å². The van der Waals surface area contributed by atoms with Crippen LogP contribution in [0.2, 0.25) is 0 Å². The van der Waals surface area contributed by atoms with Crippen molar-refractivity contribution in [3.8, 4) is 0 Å². The van der Waals surface area contributed by atoms with Gasteiger partial charge in [-0.05, 0) is 48.9 Å². The molecule has 2 atom stereocenters. The van der Waals surface area contributed by atoms with Crippen molar-refractivity contribution < 1.29 is 0 Å². The van der Waals surface area contributed by atoms with Crippen LogP contribution in [0.25, 0.3) is 0 Å². The summed E-state index contributed by atoms with van der Waals surface area (Å²) >= 11 is 0. The van der Waals surface area contributed by atoms with Crippen LogP contribution in [0.3, 0.4) is 0 Å². The number of hydrogen-bond acceptors (Lipinski definition) is 0. The molecule has 0 heterocycles. The zero-order valence-electron chi connectivity index (χ0n) is 9.47. The Bertz CT molecular complexity index is 171. The van der Waals surface area contributed by atoms with Gasteiger partial charge in [0.1, 0.15) is 0 Å². The van der Waals surface area contributed by atoms with Gasteiger partial charge in [0.2, 0.25) is 0 Å².